The highest BCUT2D eigenvalue weighted by molar-refractivity contribution is 6.30. The van der Waals surface area contributed by atoms with Crippen LogP contribution in [0.15, 0.2) is 66.9 Å². The Bertz CT molecular complexity index is 1230. The molecule has 188 valence electrons. The molecule has 5 rings (SSSR count). The Hall–Kier alpha value is -3.05. The number of rotatable bonds is 9. The van der Waals surface area contributed by atoms with Crippen molar-refractivity contribution in [3.05, 3.63) is 83.1 Å². The minimum Gasteiger partial charge on any atom is -0.330 e. The predicted octanol–water partition coefficient (Wildman–Crippen LogP) is 6.77. The maximum Gasteiger partial charge on any atom is 0.247 e. The molecule has 5 nitrogen and oxygen atoms in total. The van der Waals surface area contributed by atoms with Crippen molar-refractivity contribution < 1.29 is 9.59 Å². The second kappa shape index (κ2) is 10.5. The van der Waals surface area contributed by atoms with Crippen LogP contribution in [-0.2, 0) is 9.59 Å². The Morgan fingerprint density at radius 2 is 1.72 bits per heavy atom. The largest absolute Gasteiger partial charge is 0.330 e. The summed E-state index contributed by atoms with van der Waals surface area (Å²) in [5.41, 5.74) is 3.83. The van der Waals surface area contributed by atoms with Crippen LogP contribution in [0.5, 0.6) is 0 Å². The van der Waals surface area contributed by atoms with Gasteiger partial charge < -0.3 is 9.47 Å². The number of fused-ring (bicyclic) bond motifs is 3. The van der Waals surface area contributed by atoms with Gasteiger partial charge in [0.1, 0.15) is 12.6 Å². The first-order chi connectivity index (χ1) is 17.5. The van der Waals surface area contributed by atoms with E-state index in [1.807, 2.05) is 70.6 Å². The molecule has 0 radical (unpaired) electrons. The number of carbonyl (C=O) groups excluding carboxylic acids is 2. The summed E-state index contributed by atoms with van der Waals surface area (Å²) in [6.07, 6.45) is 7.79. The van der Waals surface area contributed by atoms with E-state index >= 15 is 0 Å². The molecule has 0 spiro atoms. The van der Waals surface area contributed by atoms with E-state index in [0.717, 1.165) is 61.2 Å². The summed E-state index contributed by atoms with van der Waals surface area (Å²) in [5.74, 6) is 0.0650. The van der Waals surface area contributed by atoms with Crippen molar-refractivity contribution in [2.75, 3.05) is 11.4 Å². The minimum absolute atomic E-state index is 0.0173. The SMILES string of the molecule is CCCCC(CC)C(=O)N(CC(=O)N1c2ccccc2-n2cccc2C1c1ccc(Cl)cc1)C1CC1. The first kappa shape index (κ1) is 24.6. The molecule has 2 unspecified atom stereocenters. The maximum absolute atomic E-state index is 14.2. The van der Waals surface area contributed by atoms with Crippen LogP contribution < -0.4 is 4.90 Å². The topological polar surface area (TPSA) is 45.6 Å². The first-order valence-corrected chi connectivity index (χ1v) is 13.6. The fourth-order valence-corrected chi connectivity index (χ4v) is 5.53. The number of benzene rings is 2. The molecule has 1 fully saturated rings. The number of hydrogen-bond donors (Lipinski definition) is 0. The van der Waals surface area contributed by atoms with Gasteiger partial charge in [0, 0.05) is 23.2 Å². The highest BCUT2D eigenvalue weighted by Gasteiger charge is 2.41. The molecule has 2 aliphatic rings. The van der Waals surface area contributed by atoms with Crippen LogP contribution in [0.1, 0.15) is 69.7 Å². The third-order valence-corrected chi connectivity index (χ3v) is 7.75. The van der Waals surface area contributed by atoms with Crippen LogP contribution in [0.25, 0.3) is 5.69 Å². The lowest BCUT2D eigenvalue weighted by Crippen LogP contribution is -2.48. The lowest BCUT2D eigenvalue weighted by atomic mass is 9.96. The Morgan fingerprint density at radius 1 is 1.00 bits per heavy atom. The van der Waals surface area contributed by atoms with Gasteiger partial charge in [-0.2, -0.15) is 0 Å². The van der Waals surface area contributed by atoms with Crippen LogP contribution in [0, 0.1) is 5.92 Å². The number of halogens is 1. The minimum atomic E-state index is -0.308. The number of aromatic nitrogens is 1. The fraction of sp³-hybridized carbons (Fsp3) is 0.400. The molecule has 1 aromatic heterocycles. The number of nitrogens with zero attached hydrogens (tertiary/aromatic N) is 3. The van der Waals surface area contributed by atoms with Crippen LogP contribution >= 0.6 is 11.6 Å². The first-order valence-electron chi connectivity index (χ1n) is 13.2. The molecule has 1 aliphatic carbocycles. The summed E-state index contributed by atoms with van der Waals surface area (Å²) >= 11 is 6.20. The van der Waals surface area contributed by atoms with E-state index in [1.54, 1.807) is 0 Å². The summed E-state index contributed by atoms with van der Waals surface area (Å²) < 4.78 is 2.15. The molecule has 1 saturated carbocycles. The van der Waals surface area contributed by atoms with Crippen LogP contribution in [0.4, 0.5) is 5.69 Å². The van der Waals surface area contributed by atoms with Crippen LogP contribution in [0.3, 0.4) is 0 Å². The number of unbranched alkanes of at least 4 members (excludes halogenated alkanes) is 1. The average Bonchev–Trinajstić information content (AvgIpc) is 3.62. The molecule has 36 heavy (non-hydrogen) atoms. The van der Waals surface area contributed by atoms with Gasteiger partial charge in [0.25, 0.3) is 0 Å². The molecule has 0 bridgehead atoms. The lowest BCUT2D eigenvalue weighted by Gasteiger charge is -2.40. The van der Waals surface area contributed by atoms with Gasteiger partial charge in [-0.1, -0.05) is 62.6 Å². The number of hydrogen-bond acceptors (Lipinski definition) is 2. The molecule has 1 aliphatic heterocycles. The van der Waals surface area contributed by atoms with Gasteiger partial charge in [-0.3, -0.25) is 14.5 Å². The zero-order valence-corrected chi connectivity index (χ0v) is 21.8. The molecule has 2 heterocycles. The molecular weight excluding hydrogens is 470 g/mol. The summed E-state index contributed by atoms with van der Waals surface area (Å²) in [4.78, 5) is 31.6. The fourth-order valence-electron chi connectivity index (χ4n) is 5.40. The van der Waals surface area contributed by atoms with Crippen molar-refractivity contribution >= 4 is 29.1 Å². The normalized spacial score (nSPS) is 17.3. The van der Waals surface area contributed by atoms with Crippen molar-refractivity contribution in [3.8, 4) is 5.69 Å². The summed E-state index contributed by atoms with van der Waals surface area (Å²) in [6, 6.07) is 19.7. The van der Waals surface area contributed by atoms with Gasteiger partial charge in [0.15, 0.2) is 0 Å². The van der Waals surface area contributed by atoms with Crippen molar-refractivity contribution in [2.24, 2.45) is 5.92 Å². The van der Waals surface area contributed by atoms with E-state index in [2.05, 4.69) is 24.5 Å². The van der Waals surface area contributed by atoms with Gasteiger partial charge in [-0.25, -0.2) is 0 Å². The van der Waals surface area contributed by atoms with Gasteiger partial charge in [-0.15, -0.1) is 0 Å². The Morgan fingerprint density at radius 3 is 2.39 bits per heavy atom. The van der Waals surface area contributed by atoms with Gasteiger partial charge in [-0.05, 0) is 67.6 Å². The van der Waals surface area contributed by atoms with Crippen LogP contribution in [-0.4, -0.2) is 33.9 Å². The molecule has 2 aromatic carbocycles. The summed E-state index contributed by atoms with van der Waals surface area (Å²) in [6.45, 7) is 4.34. The van der Waals surface area contributed by atoms with E-state index in [0.29, 0.717) is 5.02 Å². The Balaban J connectivity index is 1.52. The van der Waals surface area contributed by atoms with Crippen LogP contribution in [0.2, 0.25) is 5.02 Å². The number of carbonyl (C=O) groups is 2. The smallest absolute Gasteiger partial charge is 0.247 e. The van der Waals surface area contributed by atoms with E-state index in [-0.39, 0.29) is 36.4 Å². The van der Waals surface area contributed by atoms with Gasteiger partial charge in [0.05, 0.1) is 17.1 Å². The monoisotopic (exact) mass is 503 g/mol. The zero-order chi connectivity index (χ0) is 25.2. The van der Waals surface area contributed by atoms with E-state index < -0.39 is 0 Å². The Labute approximate surface area is 218 Å². The molecule has 3 aromatic rings. The average molecular weight is 504 g/mol. The molecule has 0 saturated heterocycles. The lowest BCUT2D eigenvalue weighted by molar-refractivity contribution is -0.139. The predicted molar refractivity (Wildman–Crippen MR) is 145 cm³/mol. The molecule has 2 amide bonds. The van der Waals surface area contributed by atoms with Gasteiger partial charge in [0.2, 0.25) is 11.8 Å². The number of para-hydroxylation sites is 2. The molecule has 0 N–H and O–H groups in total. The van der Waals surface area contributed by atoms with Crippen molar-refractivity contribution in [3.63, 3.8) is 0 Å². The van der Waals surface area contributed by atoms with E-state index in [9.17, 15) is 9.59 Å². The maximum atomic E-state index is 14.2. The highest BCUT2D eigenvalue weighted by Crippen LogP contribution is 2.43. The third-order valence-electron chi connectivity index (χ3n) is 7.50. The highest BCUT2D eigenvalue weighted by atomic mass is 35.5. The standard InChI is InChI=1S/C30H34ClN3O2/c1-3-5-9-21(4-2)30(36)33(24-17-18-24)20-28(35)34-26-11-7-6-10-25(26)32-19-8-12-27(32)29(34)22-13-15-23(31)16-14-22/h6-8,10-16,19,21,24,29H,3-5,9,17-18,20H2,1-2H3. The van der Waals surface area contributed by atoms with Crippen molar-refractivity contribution in [1.29, 1.82) is 0 Å². The molecule has 6 heteroatoms. The zero-order valence-electron chi connectivity index (χ0n) is 21.1. The van der Waals surface area contributed by atoms with Crippen molar-refractivity contribution in [2.45, 2.75) is 64.5 Å². The molecular formula is C30H34ClN3O2. The second-order valence-electron chi connectivity index (χ2n) is 9.95. The molecule has 2 atom stereocenters. The van der Waals surface area contributed by atoms with E-state index in [4.69, 9.17) is 11.6 Å². The Kier molecular flexibility index (Phi) is 7.20. The number of anilines is 1. The number of amides is 2. The van der Waals surface area contributed by atoms with E-state index in [1.165, 1.54) is 0 Å². The van der Waals surface area contributed by atoms with Gasteiger partial charge >= 0.3 is 0 Å². The summed E-state index contributed by atoms with van der Waals surface area (Å²) in [5, 5.41) is 0.659. The summed E-state index contributed by atoms with van der Waals surface area (Å²) in [7, 11) is 0. The quantitative estimate of drug-likeness (QED) is 0.323. The third kappa shape index (κ3) is 4.69. The second-order valence-corrected chi connectivity index (χ2v) is 10.4. The van der Waals surface area contributed by atoms with Crippen molar-refractivity contribution in [1.82, 2.24) is 9.47 Å².